The second-order valence-electron chi connectivity index (χ2n) is 4.34. The molecule has 0 aliphatic heterocycles. The molecule has 1 atom stereocenters. The first-order chi connectivity index (χ1) is 6.52. The summed E-state index contributed by atoms with van der Waals surface area (Å²) in [7, 11) is 0. The van der Waals surface area contributed by atoms with Gasteiger partial charge in [-0.15, -0.1) is 0 Å². The highest BCUT2D eigenvalue weighted by Gasteiger charge is 2.23. The predicted octanol–water partition coefficient (Wildman–Crippen LogP) is 2.53. The molecule has 0 amide bonds. The molecule has 1 rings (SSSR count). The Balaban J connectivity index is 2.68. The van der Waals surface area contributed by atoms with Gasteiger partial charge in [0.05, 0.1) is 0 Å². The second-order valence-corrected chi connectivity index (χ2v) is 4.34. The molecule has 1 unspecified atom stereocenters. The average molecular weight is 194 g/mol. The maximum Gasteiger partial charge on any atom is 0.161 e. The molecule has 0 saturated heterocycles. The summed E-state index contributed by atoms with van der Waals surface area (Å²) in [5, 5.41) is 0. The molecule has 0 heterocycles. The van der Waals surface area contributed by atoms with E-state index in [0.717, 1.165) is 18.4 Å². The van der Waals surface area contributed by atoms with Gasteiger partial charge in [-0.25, -0.2) is 0 Å². The predicted molar refractivity (Wildman–Crippen MR) is 56.0 cm³/mol. The molecule has 0 spiro atoms. The molecule has 0 saturated carbocycles. The Labute approximate surface area is 85.4 Å². The Morgan fingerprint density at radius 1 is 1.43 bits per heavy atom. The highest BCUT2D eigenvalue weighted by molar-refractivity contribution is 5.97. The zero-order valence-electron chi connectivity index (χ0n) is 9.17. The topological polar surface area (TPSA) is 34.1 Å². The Bertz CT molecular complexity index is 274. The number of hydrogen-bond acceptors (Lipinski definition) is 2. The van der Waals surface area contributed by atoms with Crippen molar-refractivity contribution in [2.45, 2.75) is 40.0 Å². The SMILES string of the molecule is CC(=O)C1CCC=C(C(=O)C(C)C)C1. The lowest BCUT2D eigenvalue weighted by Gasteiger charge is -2.20. The third-order valence-electron chi connectivity index (χ3n) is 2.79. The fraction of sp³-hybridized carbons (Fsp3) is 0.667. The monoisotopic (exact) mass is 194 g/mol. The van der Waals surface area contributed by atoms with E-state index in [0.29, 0.717) is 6.42 Å². The Kier molecular flexibility index (Phi) is 3.62. The van der Waals surface area contributed by atoms with Crippen molar-refractivity contribution in [1.82, 2.24) is 0 Å². The molecule has 14 heavy (non-hydrogen) atoms. The van der Waals surface area contributed by atoms with Gasteiger partial charge in [0.25, 0.3) is 0 Å². The van der Waals surface area contributed by atoms with Crippen molar-refractivity contribution in [3.05, 3.63) is 11.6 Å². The summed E-state index contributed by atoms with van der Waals surface area (Å²) in [5.74, 6) is 0.549. The largest absolute Gasteiger partial charge is 0.300 e. The Morgan fingerprint density at radius 3 is 2.57 bits per heavy atom. The van der Waals surface area contributed by atoms with Gasteiger partial charge < -0.3 is 0 Å². The zero-order chi connectivity index (χ0) is 10.7. The van der Waals surface area contributed by atoms with Crippen molar-refractivity contribution in [3.63, 3.8) is 0 Å². The zero-order valence-corrected chi connectivity index (χ0v) is 9.17. The van der Waals surface area contributed by atoms with Gasteiger partial charge in [0.1, 0.15) is 5.78 Å². The van der Waals surface area contributed by atoms with Gasteiger partial charge in [0, 0.05) is 11.8 Å². The molecule has 1 aliphatic carbocycles. The third-order valence-corrected chi connectivity index (χ3v) is 2.79. The lowest BCUT2D eigenvalue weighted by atomic mass is 9.83. The molecule has 1 aliphatic rings. The number of hydrogen-bond donors (Lipinski definition) is 0. The van der Waals surface area contributed by atoms with Gasteiger partial charge in [-0.2, -0.15) is 0 Å². The van der Waals surface area contributed by atoms with Gasteiger partial charge in [-0.05, 0) is 31.8 Å². The van der Waals surface area contributed by atoms with Crippen LogP contribution in [0.15, 0.2) is 11.6 Å². The van der Waals surface area contributed by atoms with Gasteiger partial charge in [0.15, 0.2) is 5.78 Å². The maximum absolute atomic E-state index is 11.7. The lowest BCUT2D eigenvalue weighted by molar-refractivity contribution is -0.121. The Morgan fingerprint density at radius 2 is 2.07 bits per heavy atom. The summed E-state index contributed by atoms with van der Waals surface area (Å²) in [4.78, 5) is 22.9. The van der Waals surface area contributed by atoms with Crippen LogP contribution in [0.25, 0.3) is 0 Å². The lowest BCUT2D eigenvalue weighted by Crippen LogP contribution is -2.20. The van der Waals surface area contributed by atoms with Crippen LogP contribution < -0.4 is 0 Å². The van der Waals surface area contributed by atoms with E-state index in [4.69, 9.17) is 0 Å². The number of rotatable bonds is 3. The fourth-order valence-electron chi connectivity index (χ4n) is 1.83. The number of ketones is 2. The van der Waals surface area contributed by atoms with Crippen LogP contribution in [-0.4, -0.2) is 11.6 Å². The summed E-state index contributed by atoms with van der Waals surface area (Å²) in [6.45, 7) is 5.43. The molecule has 0 fully saturated rings. The third kappa shape index (κ3) is 2.53. The van der Waals surface area contributed by atoms with Gasteiger partial charge in [0.2, 0.25) is 0 Å². The summed E-state index contributed by atoms with van der Waals surface area (Å²) in [5.41, 5.74) is 0.867. The summed E-state index contributed by atoms with van der Waals surface area (Å²) in [6.07, 6.45) is 4.44. The van der Waals surface area contributed by atoms with E-state index in [-0.39, 0.29) is 23.4 Å². The average Bonchev–Trinajstić information content (AvgIpc) is 2.16. The molecular formula is C12H18O2. The summed E-state index contributed by atoms with van der Waals surface area (Å²) in [6, 6.07) is 0. The first-order valence-corrected chi connectivity index (χ1v) is 5.26. The van der Waals surface area contributed by atoms with E-state index >= 15 is 0 Å². The van der Waals surface area contributed by atoms with Crippen molar-refractivity contribution in [2.75, 3.05) is 0 Å². The van der Waals surface area contributed by atoms with Crippen LogP contribution >= 0.6 is 0 Å². The van der Waals surface area contributed by atoms with Gasteiger partial charge in [-0.1, -0.05) is 19.9 Å². The molecular weight excluding hydrogens is 176 g/mol. The Hall–Kier alpha value is -0.920. The van der Waals surface area contributed by atoms with Crippen LogP contribution in [0, 0.1) is 11.8 Å². The summed E-state index contributed by atoms with van der Waals surface area (Å²) < 4.78 is 0. The van der Waals surface area contributed by atoms with Gasteiger partial charge in [-0.3, -0.25) is 9.59 Å². The standard InChI is InChI=1S/C12H18O2/c1-8(2)12(14)11-6-4-5-10(7-11)9(3)13/h6,8,10H,4-5,7H2,1-3H3. The number of Topliss-reactive ketones (excluding diaryl/α,β-unsaturated/α-hetero) is 2. The normalized spacial score (nSPS) is 22.0. The smallest absolute Gasteiger partial charge is 0.161 e. The van der Waals surface area contributed by atoms with Crippen molar-refractivity contribution in [2.24, 2.45) is 11.8 Å². The minimum atomic E-state index is 0.0481. The molecule has 0 N–H and O–H groups in total. The van der Waals surface area contributed by atoms with Crippen LogP contribution in [0.2, 0.25) is 0 Å². The molecule has 0 aromatic carbocycles. The van der Waals surface area contributed by atoms with Crippen LogP contribution in [0.5, 0.6) is 0 Å². The molecule has 0 aromatic rings. The van der Waals surface area contributed by atoms with Crippen LogP contribution in [0.1, 0.15) is 40.0 Å². The van der Waals surface area contributed by atoms with Crippen LogP contribution in [-0.2, 0) is 9.59 Å². The van der Waals surface area contributed by atoms with E-state index < -0.39 is 0 Å². The van der Waals surface area contributed by atoms with Crippen molar-refractivity contribution in [3.8, 4) is 0 Å². The number of carbonyl (C=O) groups is 2. The quantitative estimate of drug-likeness (QED) is 0.691. The molecule has 0 aromatic heterocycles. The molecule has 0 bridgehead atoms. The fourth-order valence-corrected chi connectivity index (χ4v) is 1.83. The van der Waals surface area contributed by atoms with E-state index in [9.17, 15) is 9.59 Å². The highest BCUT2D eigenvalue weighted by atomic mass is 16.1. The van der Waals surface area contributed by atoms with E-state index in [1.54, 1.807) is 6.92 Å². The minimum Gasteiger partial charge on any atom is -0.300 e. The van der Waals surface area contributed by atoms with Crippen LogP contribution in [0.3, 0.4) is 0 Å². The molecule has 78 valence electrons. The summed E-state index contributed by atoms with van der Waals surface area (Å²) >= 11 is 0. The number of carbonyl (C=O) groups excluding carboxylic acids is 2. The first kappa shape index (κ1) is 11.2. The van der Waals surface area contributed by atoms with Crippen LogP contribution in [0.4, 0.5) is 0 Å². The number of allylic oxidation sites excluding steroid dienone is 2. The van der Waals surface area contributed by atoms with Crippen molar-refractivity contribution in [1.29, 1.82) is 0 Å². The molecule has 2 heteroatoms. The molecule has 2 nitrogen and oxygen atoms in total. The second kappa shape index (κ2) is 4.54. The van der Waals surface area contributed by atoms with E-state index in [2.05, 4.69) is 0 Å². The highest BCUT2D eigenvalue weighted by Crippen LogP contribution is 2.26. The van der Waals surface area contributed by atoms with E-state index in [1.165, 1.54) is 0 Å². The minimum absolute atomic E-state index is 0.0481. The first-order valence-electron chi connectivity index (χ1n) is 5.26. The maximum atomic E-state index is 11.7. The van der Waals surface area contributed by atoms with Crippen molar-refractivity contribution >= 4 is 11.6 Å². The van der Waals surface area contributed by atoms with Gasteiger partial charge >= 0.3 is 0 Å². The van der Waals surface area contributed by atoms with E-state index in [1.807, 2.05) is 19.9 Å². The molecule has 0 radical (unpaired) electrons. The van der Waals surface area contributed by atoms with Crippen molar-refractivity contribution < 1.29 is 9.59 Å².